The first-order valence-electron chi connectivity index (χ1n) is 6.12. The van der Waals surface area contributed by atoms with Gasteiger partial charge in [0, 0.05) is 22.7 Å². The smallest absolute Gasteiger partial charge is 0.244 e. The largest absolute Gasteiger partial charge is 0.375 e. The second-order valence-corrected chi connectivity index (χ2v) is 5.14. The summed E-state index contributed by atoms with van der Waals surface area (Å²) in [4.78, 5) is 11.6. The zero-order valence-electron chi connectivity index (χ0n) is 11.3. The number of carbonyl (C=O) groups is 1. The molecule has 0 bridgehead atoms. The molecule has 0 unspecified atom stereocenters. The van der Waals surface area contributed by atoms with Crippen molar-refractivity contribution in [3.05, 3.63) is 52.0 Å². The van der Waals surface area contributed by atoms with E-state index < -0.39 is 0 Å². The summed E-state index contributed by atoms with van der Waals surface area (Å²) in [7, 11) is 0. The first-order chi connectivity index (χ1) is 9.49. The topological polar surface area (TPSA) is 38.3 Å². The van der Waals surface area contributed by atoms with Crippen molar-refractivity contribution in [2.75, 3.05) is 19.8 Å². The van der Waals surface area contributed by atoms with Gasteiger partial charge in [0.15, 0.2) is 0 Å². The molecule has 108 valence electrons. The molecule has 5 heteroatoms. The standard InChI is InChI=1S/C15H17Cl2NO2/c1-11(2)10-20-8-7-18-15(19)6-3-12-9-13(16)4-5-14(12)17/h3-6,9H,1,7-8,10H2,2H3,(H,18,19)/b6-3+. The number of benzene rings is 1. The predicted octanol–water partition coefficient (Wildman–Crippen LogP) is 3.72. The van der Waals surface area contributed by atoms with Crippen LogP contribution < -0.4 is 5.32 Å². The monoisotopic (exact) mass is 313 g/mol. The molecule has 0 atom stereocenters. The lowest BCUT2D eigenvalue weighted by Gasteiger charge is -2.04. The third kappa shape index (κ3) is 6.75. The number of rotatable bonds is 7. The lowest BCUT2D eigenvalue weighted by Crippen LogP contribution is -2.25. The van der Waals surface area contributed by atoms with Gasteiger partial charge < -0.3 is 10.1 Å². The van der Waals surface area contributed by atoms with E-state index in [2.05, 4.69) is 11.9 Å². The first kappa shape index (κ1) is 16.8. The Morgan fingerprint density at radius 3 is 2.90 bits per heavy atom. The summed E-state index contributed by atoms with van der Waals surface area (Å²) in [5.74, 6) is -0.208. The van der Waals surface area contributed by atoms with E-state index in [1.54, 1.807) is 24.3 Å². The highest BCUT2D eigenvalue weighted by Crippen LogP contribution is 2.21. The lowest BCUT2D eigenvalue weighted by atomic mass is 10.2. The van der Waals surface area contributed by atoms with Crippen LogP contribution in [0, 0.1) is 0 Å². The molecule has 1 N–H and O–H groups in total. The van der Waals surface area contributed by atoms with Gasteiger partial charge in [0.1, 0.15) is 0 Å². The maximum atomic E-state index is 11.6. The van der Waals surface area contributed by atoms with Gasteiger partial charge in [-0.15, -0.1) is 0 Å². The van der Waals surface area contributed by atoms with Crippen LogP contribution >= 0.6 is 23.2 Å². The van der Waals surface area contributed by atoms with Crippen LogP contribution in [0.15, 0.2) is 36.4 Å². The van der Waals surface area contributed by atoms with Crippen molar-refractivity contribution in [2.45, 2.75) is 6.92 Å². The number of ether oxygens (including phenoxy) is 1. The third-order valence-corrected chi connectivity index (χ3v) is 2.85. The minimum absolute atomic E-state index is 0.208. The molecule has 0 aromatic heterocycles. The molecule has 1 amide bonds. The number of hydrogen-bond donors (Lipinski definition) is 1. The van der Waals surface area contributed by atoms with E-state index in [0.717, 1.165) is 5.57 Å². The molecular weight excluding hydrogens is 297 g/mol. The van der Waals surface area contributed by atoms with E-state index in [0.29, 0.717) is 35.4 Å². The van der Waals surface area contributed by atoms with Gasteiger partial charge >= 0.3 is 0 Å². The zero-order valence-corrected chi connectivity index (χ0v) is 12.8. The van der Waals surface area contributed by atoms with Crippen LogP contribution in [-0.4, -0.2) is 25.7 Å². The molecule has 1 rings (SSSR count). The summed E-state index contributed by atoms with van der Waals surface area (Å²) in [5, 5.41) is 3.82. The Morgan fingerprint density at radius 1 is 1.45 bits per heavy atom. The summed E-state index contributed by atoms with van der Waals surface area (Å²) in [6.07, 6.45) is 3.04. The molecule has 1 aromatic rings. The number of halogens is 2. The molecule has 0 fully saturated rings. The quantitative estimate of drug-likeness (QED) is 0.473. The lowest BCUT2D eigenvalue weighted by molar-refractivity contribution is -0.116. The highest BCUT2D eigenvalue weighted by atomic mass is 35.5. The van der Waals surface area contributed by atoms with Crippen LogP contribution in [0.4, 0.5) is 0 Å². The number of nitrogens with one attached hydrogen (secondary N) is 1. The number of carbonyl (C=O) groups excluding carboxylic acids is 1. The molecule has 20 heavy (non-hydrogen) atoms. The zero-order chi connectivity index (χ0) is 15.0. The Bertz CT molecular complexity index is 513. The van der Waals surface area contributed by atoms with Gasteiger partial charge in [-0.05, 0) is 36.8 Å². The normalized spacial score (nSPS) is 10.8. The minimum atomic E-state index is -0.208. The average molecular weight is 314 g/mol. The van der Waals surface area contributed by atoms with E-state index in [1.165, 1.54) is 6.08 Å². The number of amides is 1. The second kappa shape index (κ2) is 8.80. The Labute approximate surface area is 129 Å². The van der Waals surface area contributed by atoms with Crippen LogP contribution in [0.1, 0.15) is 12.5 Å². The van der Waals surface area contributed by atoms with Gasteiger partial charge in [0.2, 0.25) is 5.91 Å². The van der Waals surface area contributed by atoms with E-state index in [1.807, 2.05) is 6.92 Å². The Balaban J connectivity index is 2.36. The van der Waals surface area contributed by atoms with Crippen molar-refractivity contribution in [1.29, 1.82) is 0 Å². The molecule has 0 saturated heterocycles. The predicted molar refractivity (Wildman–Crippen MR) is 84.1 cm³/mol. The van der Waals surface area contributed by atoms with Crippen molar-refractivity contribution in [1.82, 2.24) is 5.32 Å². The van der Waals surface area contributed by atoms with E-state index in [4.69, 9.17) is 27.9 Å². The fraction of sp³-hybridized carbons (Fsp3) is 0.267. The summed E-state index contributed by atoms with van der Waals surface area (Å²) in [6, 6.07) is 5.08. The van der Waals surface area contributed by atoms with Crippen LogP contribution in [-0.2, 0) is 9.53 Å². The Hall–Kier alpha value is -1.29. The van der Waals surface area contributed by atoms with Gasteiger partial charge in [-0.1, -0.05) is 35.4 Å². The van der Waals surface area contributed by atoms with Crippen molar-refractivity contribution in [3.8, 4) is 0 Å². The molecule has 0 aliphatic carbocycles. The summed E-state index contributed by atoms with van der Waals surface area (Å²) >= 11 is 11.8. The summed E-state index contributed by atoms with van der Waals surface area (Å²) < 4.78 is 5.27. The molecule has 0 radical (unpaired) electrons. The molecule has 0 heterocycles. The Kier molecular flexibility index (Phi) is 7.37. The maximum absolute atomic E-state index is 11.6. The molecule has 3 nitrogen and oxygen atoms in total. The number of hydrogen-bond acceptors (Lipinski definition) is 2. The van der Waals surface area contributed by atoms with Gasteiger partial charge in [0.25, 0.3) is 0 Å². The molecule has 0 aliphatic rings. The van der Waals surface area contributed by atoms with Crippen molar-refractivity contribution in [3.63, 3.8) is 0 Å². The van der Waals surface area contributed by atoms with Gasteiger partial charge in [-0.3, -0.25) is 4.79 Å². The highest BCUT2D eigenvalue weighted by Gasteiger charge is 1.99. The second-order valence-electron chi connectivity index (χ2n) is 4.30. The SMILES string of the molecule is C=C(C)COCCNC(=O)/C=C/c1cc(Cl)ccc1Cl. The molecule has 0 spiro atoms. The van der Waals surface area contributed by atoms with Crippen molar-refractivity contribution >= 4 is 35.2 Å². The molecule has 1 aromatic carbocycles. The van der Waals surface area contributed by atoms with Gasteiger partial charge in [-0.25, -0.2) is 0 Å². The van der Waals surface area contributed by atoms with Crippen LogP contribution in [0.5, 0.6) is 0 Å². The molecular formula is C15H17Cl2NO2. The third-order valence-electron chi connectivity index (χ3n) is 2.27. The van der Waals surface area contributed by atoms with Crippen molar-refractivity contribution < 1.29 is 9.53 Å². The van der Waals surface area contributed by atoms with Crippen molar-refractivity contribution in [2.24, 2.45) is 0 Å². The first-order valence-corrected chi connectivity index (χ1v) is 6.87. The summed E-state index contributed by atoms with van der Waals surface area (Å²) in [6.45, 7) is 7.00. The fourth-order valence-electron chi connectivity index (χ4n) is 1.36. The average Bonchev–Trinajstić information content (AvgIpc) is 2.39. The van der Waals surface area contributed by atoms with E-state index in [-0.39, 0.29) is 5.91 Å². The maximum Gasteiger partial charge on any atom is 0.244 e. The van der Waals surface area contributed by atoms with E-state index in [9.17, 15) is 4.79 Å². The van der Waals surface area contributed by atoms with Crippen LogP contribution in [0.3, 0.4) is 0 Å². The minimum Gasteiger partial charge on any atom is -0.375 e. The highest BCUT2D eigenvalue weighted by molar-refractivity contribution is 6.34. The van der Waals surface area contributed by atoms with Crippen LogP contribution in [0.25, 0.3) is 6.08 Å². The van der Waals surface area contributed by atoms with Gasteiger partial charge in [0.05, 0.1) is 13.2 Å². The molecule has 0 saturated carbocycles. The van der Waals surface area contributed by atoms with Crippen LogP contribution in [0.2, 0.25) is 10.0 Å². The fourth-order valence-corrected chi connectivity index (χ4v) is 1.72. The van der Waals surface area contributed by atoms with Gasteiger partial charge in [-0.2, -0.15) is 0 Å². The molecule has 0 aliphatic heterocycles. The summed E-state index contributed by atoms with van der Waals surface area (Å²) in [5.41, 5.74) is 1.65. The van der Waals surface area contributed by atoms with E-state index >= 15 is 0 Å². The Morgan fingerprint density at radius 2 is 2.20 bits per heavy atom.